The number of fused-ring (bicyclic) bond motifs is 1. The monoisotopic (exact) mass is 230 g/mol. The van der Waals surface area contributed by atoms with Gasteiger partial charge in [-0.3, -0.25) is 4.57 Å². The third kappa shape index (κ3) is 1.32. The topological polar surface area (TPSA) is 43.6 Å². The molecule has 0 radical (unpaired) electrons. The molecule has 0 saturated carbocycles. The molecule has 0 amide bonds. The molecule has 2 aromatic heterocycles. The third-order valence-corrected chi connectivity index (χ3v) is 3.23. The van der Waals surface area contributed by atoms with Crippen LogP contribution in [0, 0.1) is 13.8 Å². The van der Waals surface area contributed by atoms with Crippen LogP contribution in [0.4, 0.5) is 0 Å². The Morgan fingerprint density at radius 3 is 2.69 bits per heavy atom. The van der Waals surface area contributed by atoms with Gasteiger partial charge in [0.1, 0.15) is 11.6 Å². The van der Waals surface area contributed by atoms with E-state index in [1.54, 1.807) is 0 Å². The quantitative estimate of drug-likeness (QED) is 0.645. The van der Waals surface area contributed by atoms with Crippen molar-refractivity contribution in [3.05, 3.63) is 35.9 Å². The maximum Gasteiger partial charge on any atom is 0.215 e. The van der Waals surface area contributed by atoms with E-state index in [1.807, 2.05) is 42.7 Å². The molecule has 0 aliphatic carbocycles. The summed E-state index contributed by atoms with van der Waals surface area (Å²) in [5.74, 6) is 1.74. The van der Waals surface area contributed by atoms with E-state index >= 15 is 0 Å². The molecule has 80 valence electrons. The van der Waals surface area contributed by atoms with Crippen LogP contribution in [0.3, 0.4) is 0 Å². The molecule has 2 heterocycles. The lowest BCUT2D eigenvalue weighted by Crippen LogP contribution is -1.95. The van der Waals surface area contributed by atoms with Crippen LogP contribution in [0.2, 0.25) is 0 Å². The van der Waals surface area contributed by atoms with Gasteiger partial charge < -0.3 is 0 Å². The van der Waals surface area contributed by atoms with Gasteiger partial charge in [0.05, 0.1) is 11.0 Å². The molecule has 1 aromatic carbocycles. The van der Waals surface area contributed by atoms with Gasteiger partial charge in [0, 0.05) is 11.5 Å². The first kappa shape index (κ1) is 9.47. The summed E-state index contributed by atoms with van der Waals surface area (Å²) in [5, 5.41) is 0.878. The van der Waals surface area contributed by atoms with E-state index in [2.05, 4.69) is 14.3 Å². The summed E-state index contributed by atoms with van der Waals surface area (Å²) in [7, 11) is 0. The molecule has 0 fully saturated rings. The Labute approximate surface area is 96.8 Å². The Kier molecular flexibility index (Phi) is 2.00. The lowest BCUT2D eigenvalue weighted by molar-refractivity contribution is 0.972. The lowest BCUT2D eigenvalue weighted by atomic mass is 10.3. The third-order valence-electron chi connectivity index (χ3n) is 2.44. The standard InChI is InChI=1S/C11H10N4S/c1-7-12-11(16-14-7)15-8(2)13-9-5-3-4-6-10(9)15/h3-6H,1-2H3. The van der Waals surface area contributed by atoms with Crippen molar-refractivity contribution >= 4 is 22.6 Å². The summed E-state index contributed by atoms with van der Waals surface area (Å²) >= 11 is 1.40. The van der Waals surface area contributed by atoms with Gasteiger partial charge in [0.25, 0.3) is 0 Å². The van der Waals surface area contributed by atoms with Gasteiger partial charge in [-0.2, -0.15) is 4.37 Å². The van der Waals surface area contributed by atoms with Crippen molar-refractivity contribution < 1.29 is 0 Å². The van der Waals surface area contributed by atoms with Crippen molar-refractivity contribution in [1.82, 2.24) is 18.9 Å². The molecule has 16 heavy (non-hydrogen) atoms. The zero-order valence-electron chi connectivity index (χ0n) is 9.01. The van der Waals surface area contributed by atoms with Crippen LogP contribution in [0.5, 0.6) is 0 Å². The van der Waals surface area contributed by atoms with Crippen molar-refractivity contribution in [3.63, 3.8) is 0 Å². The van der Waals surface area contributed by atoms with Crippen LogP contribution in [0.25, 0.3) is 16.2 Å². The predicted octanol–water partition coefficient (Wildman–Crippen LogP) is 2.49. The molecular formula is C11H10N4S. The number of aryl methyl sites for hydroxylation is 2. The fourth-order valence-corrected chi connectivity index (χ4v) is 2.50. The van der Waals surface area contributed by atoms with Gasteiger partial charge in [-0.15, -0.1) is 0 Å². The van der Waals surface area contributed by atoms with Gasteiger partial charge in [0.2, 0.25) is 5.13 Å². The number of hydrogen-bond donors (Lipinski definition) is 0. The zero-order valence-corrected chi connectivity index (χ0v) is 9.82. The van der Waals surface area contributed by atoms with Gasteiger partial charge in [-0.05, 0) is 26.0 Å². The van der Waals surface area contributed by atoms with Gasteiger partial charge in [-0.1, -0.05) is 12.1 Å². The van der Waals surface area contributed by atoms with E-state index in [1.165, 1.54) is 11.5 Å². The number of benzene rings is 1. The Morgan fingerprint density at radius 1 is 1.12 bits per heavy atom. The second-order valence-electron chi connectivity index (χ2n) is 3.61. The Morgan fingerprint density at radius 2 is 1.94 bits per heavy atom. The van der Waals surface area contributed by atoms with Crippen LogP contribution in [-0.2, 0) is 0 Å². The maximum absolute atomic E-state index is 4.50. The summed E-state index contributed by atoms with van der Waals surface area (Å²) < 4.78 is 6.24. The highest BCUT2D eigenvalue weighted by atomic mass is 32.1. The summed E-state index contributed by atoms with van der Waals surface area (Å²) in [4.78, 5) is 8.90. The van der Waals surface area contributed by atoms with E-state index in [-0.39, 0.29) is 0 Å². The summed E-state index contributed by atoms with van der Waals surface area (Å²) in [6.45, 7) is 3.88. The summed E-state index contributed by atoms with van der Waals surface area (Å²) in [6.07, 6.45) is 0. The lowest BCUT2D eigenvalue weighted by Gasteiger charge is -1.99. The highest BCUT2D eigenvalue weighted by Crippen LogP contribution is 2.21. The number of rotatable bonds is 1. The molecule has 0 spiro atoms. The van der Waals surface area contributed by atoms with Gasteiger partial charge in [-0.25, -0.2) is 9.97 Å². The zero-order chi connectivity index (χ0) is 11.1. The second-order valence-corrected chi connectivity index (χ2v) is 4.34. The van der Waals surface area contributed by atoms with Crippen molar-refractivity contribution in [2.24, 2.45) is 0 Å². The Bertz CT molecular complexity index is 653. The fraction of sp³-hybridized carbons (Fsp3) is 0.182. The predicted molar refractivity (Wildman–Crippen MR) is 64.0 cm³/mol. The van der Waals surface area contributed by atoms with Crippen LogP contribution in [0.1, 0.15) is 11.6 Å². The smallest absolute Gasteiger partial charge is 0.215 e. The van der Waals surface area contributed by atoms with E-state index in [0.29, 0.717) is 0 Å². The molecule has 0 aliphatic rings. The van der Waals surface area contributed by atoms with E-state index in [9.17, 15) is 0 Å². The van der Waals surface area contributed by atoms with Crippen molar-refractivity contribution in [2.75, 3.05) is 0 Å². The van der Waals surface area contributed by atoms with E-state index in [4.69, 9.17) is 0 Å². The van der Waals surface area contributed by atoms with Crippen LogP contribution >= 0.6 is 11.5 Å². The maximum atomic E-state index is 4.50. The van der Waals surface area contributed by atoms with Crippen molar-refractivity contribution in [3.8, 4) is 5.13 Å². The number of nitrogens with zero attached hydrogens (tertiary/aromatic N) is 4. The number of imidazole rings is 1. The minimum absolute atomic E-state index is 0.803. The average Bonchev–Trinajstić information content (AvgIpc) is 2.80. The SMILES string of the molecule is Cc1nsc(-n2c(C)nc3ccccc32)n1. The molecule has 0 atom stereocenters. The van der Waals surface area contributed by atoms with Crippen LogP contribution in [0.15, 0.2) is 24.3 Å². The normalized spacial score (nSPS) is 11.1. The number of aromatic nitrogens is 4. The average molecular weight is 230 g/mol. The summed E-state index contributed by atoms with van der Waals surface area (Å²) in [6, 6.07) is 8.05. The van der Waals surface area contributed by atoms with E-state index in [0.717, 1.165) is 27.8 Å². The van der Waals surface area contributed by atoms with Crippen molar-refractivity contribution in [2.45, 2.75) is 13.8 Å². The minimum Gasteiger partial charge on any atom is -0.271 e. The second kappa shape index (κ2) is 3.38. The van der Waals surface area contributed by atoms with Crippen molar-refractivity contribution in [1.29, 1.82) is 0 Å². The first-order valence-electron chi connectivity index (χ1n) is 5.00. The first-order valence-corrected chi connectivity index (χ1v) is 5.78. The number of hydrogen-bond acceptors (Lipinski definition) is 4. The number of para-hydroxylation sites is 2. The fourth-order valence-electron chi connectivity index (χ4n) is 1.76. The highest BCUT2D eigenvalue weighted by molar-refractivity contribution is 7.08. The van der Waals surface area contributed by atoms with Gasteiger partial charge >= 0.3 is 0 Å². The van der Waals surface area contributed by atoms with Crippen LogP contribution in [-0.4, -0.2) is 18.9 Å². The van der Waals surface area contributed by atoms with E-state index < -0.39 is 0 Å². The molecule has 3 rings (SSSR count). The molecule has 0 bridgehead atoms. The molecule has 5 heteroatoms. The summed E-state index contributed by atoms with van der Waals surface area (Å²) in [5.41, 5.74) is 2.07. The largest absolute Gasteiger partial charge is 0.271 e. The molecule has 0 unspecified atom stereocenters. The molecule has 3 aromatic rings. The molecular weight excluding hydrogens is 220 g/mol. The van der Waals surface area contributed by atoms with Gasteiger partial charge in [0.15, 0.2) is 0 Å². The highest BCUT2D eigenvalue weighted by Gasteiger charge is 2.11. The molecule has 0 saturated heterocycles. The Hall–Kier alpha value is -1.75. The minimum atomic E-state index is 0.803. The van der Waals surface area contributed by atoms with Crippen LogP contribution < -0.4 is 0 Å². The molecule has 0 aliphatic heterocycles. The molecule has 4 nitrogen and oxygen atoms in total. The molecule has 0 N–H and O–H groups in total. The Balaban J connectivity index is 2.34. The first-order chi connectivity index (χ1) is 7.75.